The fourth-order valence-electron chi connectivity index (χ4n) is 1.82. The number of carbonyl (C=O) groups is 1. The number of aromatic nitrogens is 2. The summed E-state index contributed by atoms with van der Waals surface area (Å²) in [5, 5.41) is 2.83. The maximum Gasteiger partial charge on any atom is 0.226 e. The summed E-state index contributed by atoms with van der Waals surface area (Å²) in [4.78, 5) is 16.1. The number of nitrogen functional groups attached to an aromatic ring is 1. The van der Waals surface area contributed by atoms with Crippen molar-refractivity contribution in [2.24, 2.45) is 0 Å². The highest BCUT2D eigenvalue weighted by Crippen LogP contribution is 2.09. The predicted molar refractivity (Wildman–Crippen MR) is 72.8 cm³/mol. The Bertz CT molecular complexity index is 565. The molecule has 2 heterocycles. The Morgan fingerprint density at radius 1 is 1.47 bits per heavy atom. The normalized spacial score (nSPS) is 10.8. The molecule has 3 N–H and O–H groups in total. The van der Waals surface area contributed by atoms with Crippen LogP contribution in [0.4, 0.5) is 5.69 Å². The van der Waals surface area contributed by atoms with Crippen LogP contribution in [-0.4, -0.2) is 35.6 Å². The molecule has 0 aliphatic heterocycles. The topological polar surface area (TPSA) is 81.6 Å². The molecule has 0 bridgehead atoms. The molecule has 0 unspecified atom stereocenters. The van der Waals surface area contributed by atoms with Gasteiger partial charge in [0.25, 0.3) is 0 Å². The molecule has 2 aromatic rings. The Labute approximate surface area is 111 Å². The van der Waals surface area contributed by atoms with Crippen molar-refractivity contribution in [1.82, 2.24) is 14.7 Å². The number of nitrogens with one attached hydrogen (secondary N) is 1. The van der Waals surface area contributed by atoms with Gasteiger partial charge < -0.3 is 20.2 Å². The molecular formula is C13H18N4O2. The number of nitrogens with zero attached hydrogens (tertiary/aromatic N) is 2. The number of hydrogen-bond acceptors (Lipinski definition) is 4. The Hall–Kier alpha value is -2.08. The van der Waals surface area contributed by atoms with Gasteiger partial charge in [-0.15, -0.1) is 0 Å². The van der Waals surface area contributed by atoms with Crippen LogP contribution in [0.15, 0.2) is 24.5 Å². The van der Waals surface area contributed by atoms with Crippen molar-refractivity contribution in [3.8, 4) is 0 Å². The van der Waals surface area contributed by atoms with Crippen LogP contribution in [-0.2, 0) is 16.0 Å². The minimum atomic E-state index is -0.0347. The van der Waals surface area contributed by atoms with E-state index >= 15 is 0 Å². The first-order chi connectivity index (χ1) is 9.19. The summed E-state index contributed by atoms with van der Waals surface area (Å²) in [6, 6.07) is 3.62. The van der Waals surface area contributed by atoms with E-state index in [1.54, 1.807) is 19.4 Å². The monoisotopic (exact) mass is 262 g/mol. The number of ether oxygens (including phenoxy) is 1. The molecule has 19 heavy (non-hydrogen) atoms. The van der Waals surface area contributed by atoms with Crippen molar-refractivity contribution in [3.05, 3.63) is 30.2 Å². The zero-order chi connectivity index (χ0) is 13.7. The van der Waals surface area contributed by atoms with Crippen molar-refractivity contribution < 1.29 is 9.53 Å². The lowest BCUT2D eigenvalue weighted by atomic mass is 10.3. The molecule has 0 saturated heterocycles. The van der Waals surface area contributed by atoms with Gasteiger partial charge in [0.2, 0.25) is 5.91 Å². The van der Waals surface area contributed by atoms with E-state index in [0.29, 0.717) is 18.8 Å². The van der Waals surface area contributed by atoms with Gasteiger partial charge in [0.15, 0.2) is 0 Å². The van der Waals surface area contributed by atoms with Gasteiger partial charge in [0.1, 0.15) is 5.65 Å². The molecule has 0 fully saturated rings. The second-order valence-electron chi connectivity index (χ2n) is 4.33. The van der Waals surface area contributed by atoms with Gasteiger partial charge in [-0.2, -0.15) is 0 Å². The molecule has 6 heteroatoms. The largest absolute Gasteiger partial charge is 0.398 e. The van der Waals surface area contributed by atoms with E-state index in [2.05, 4.69) is 10.3 Å². The van der Waals surface area contributed by atoms with Gasteiger partial charge in [-0.1, -0.05) is 0 Å². The van der Waals surface area contributed by atoms with Gasteiger partial charge in [0.05, 0.1) is 12.1 Å². The fraction of sp³-hybridized carbons (Fsp3) is 0.385. The molecule has 102 valence electrons. The lowest BCUT2D eigenvalue weighted by Crippen LogP contribution is -2.26. The standard InChI is InChI=1S/C13H18N4O2/c1-19-6-2-5-15-13(18)7-11-9-17-8-10(14)3-4-12(17)16-11/h3-4,8-9H,2,5-7,14H2,1H3,(H,15,18). The highest BCUT2D eigenvalue weighted by Gasteiger charge is 2.07. The summed E-state index contributed by atoms with van der Waals surface area (Å²) in [6.07, 6.45) is 4.68. The number of imidazole rings is 1. The van der Waals surface area contributed by atoms with Crippen molar-refractivity contribution in [3.63, 3.8) is 0 Å². The molecule has 0 aliphatic carbocycles. The molecule has 2 rings (SSSR count). The van der Waals surface area contributed by atoms with E-state index in [-0.39, 0.29) is 12.3 Å². The first-order valence-corrected chi connectivity index (χ1v) is 6.18. The van der Waals surface area contributed by atoms with Crippen LogP contribution in [0.3, 0.4) is 0 Å². The lowest BCUT2D eigenvalue weighted by Gasteiger charge is -2.02. The Kier molecular flexibility index (Phi) is 4.35. The number of fused-ring (bicyclic) bond motifs is 1. The summed E-state index contributed by atoms with van der Waals surface area (Å²) in [5.41, 5.74) is 7.88. The van der Waals surface area contributed by atoms with E-state index in [4.69, 9.17) is 10.5 Å². The van der Waals surface area contributed by atoms with Crippen molar-refractivity contribution in [2.75, 3.05) is 26.0 Å². The van der Waals surface area contributed by atoms with Crippen LogP contribution in [0.5, 0.6) is 0 Å². The molecule has 0 radical (unpaired) electrons. The number of amides is 1. The van der Waals surface area contributed by atoms with Crippen molar-refractivity contribution >= 4 is 17.2 Å². The van der Waals surface area contributed by atoms with Crippen LogP contribution >= 0.6 is 0 Å². The summed E-state index contributed by atoms with van der Waals surface area (Å²) in [7, 11) is 1.64. The number of nitrogens with two attached hydrogens (primary N) is 1. The molecule has 2 aromatic heterocycles. The average molecular weight is 262 g/mol. The van der Waals surface area contributed by atoms with Gasteiger partial charge in [-0.25, -0.2) is 4.98 Å². The summed E-state index contributed by atoms with van der Waals surface area (Å²) < 4.78 is 6.74. The first kappa shape index (κ1) is 13.4. The number of hydrogen-bond donors (Lipinski definition) is 2. The SMILES string of the molecule is COCCCNC(=O)Cc1cn2cc(N)ccc2n1. The molecule has 0 aliphatic rings. The predicted octanol–water partition coefficient (Wildman–Crippen LogP) is 0.612. The maximum atomic E-state index is 11.7. The van der Waals surface area contributed by atoms with Gasteiger partial charge >= 0.3 is 0 Å². The van der Waals surface area contributed by atoms with E-state index in [1.807, 2.05) is 16.7 Å². The second kappa shape index (κ2) is 6.19. The summed E-state index contributed by atoms with van der Waals surface area (Å²) in [5.74, 6) is -0.0347. The van der Waals surface area contributed by atoms with Gasteiger partial charge in [-0.05, 0) is 18.6 Å². The number of methoxy groups -OCH3 is 1. The molecular weight excluding hydrogens is 244 g/mol. The Balaban J connectivity index is 1.91. The van der Waals surface area contributed by atoms with E-state index in [1.165, 1.54) is 0 Å². The first-order valence-electron chi connectivity index (χ1n) is 6.18. The third-order valence-electron chi connectivity index (χ3n) is 2.71. The average Bonchev–Trinajstić information content (AvgIpc) is 2.76. The van der Waals surface area contributed by atoms with E-state index in [9.17, 15) is 4.79 Å². The van der Waals surface area contributed by atoms with Crippen molar-refractivity contribution in [2.45, 2.75) is 12.8 Å². The van der Waals surface area contributed by atoms with Crippen LogP contribution in [0.1, 0.15) is 12.1 Å². The van der Waals surface area contributed by atoms with Gasteiger partial charge in [0, 0.05) is 38.3 Å². The van der Waals surface area contributed by atoms with E-state index < -0.39 is 0 Å². The third-order valence-corrected chi connectivity index (χ3v) is 2.71. The smallest absolute Gasteiger partial charge is 0.226 e. The molecule has 0 saturated carbocycles. The highest BCUT2D eigenvalue weighted by atomic mass is 16.5. The number of pyridine rings is 1. The quantitative estimate of drug-likeness (QED) is 0.747. The van der Waals surface area contributed by atoms with Crippen LogP contribution in [0.25, 0.3) is 5.65 Å². The van der Waals surface area contributed by atoms with Crippen LogP contribution < -0.4 is 11.1 Å². The molecule has 0 aromatic carbocycles. The van der Waals surface area contributed by atoms with E-state index in [0.717, 1.165) is 17.8 Å². The van der Waals surface area contributed by atoms with Crippen molar-refractivity contribution in [1.29, 1.82) is 0 Å². The highest BCUT2D eigenvalue weighted by molar-refractivity contribution is 5.78. The maximum absolute atomic E-state index is 11.7. The summed E-state index contributed by atoms with van der Waals surface area (Å²) >= 11 is 0. The number of rotatable bonds is 6. The zero-order valence-corrected chi connectivity index (χ0v) is 10.9. The number of carbonyl (C=O) groups excluding carboxylic acids is 1. The minimum Gasteiger partial charge on any atom is -0.398 e. The third kappa shape index (κ3) is 3.69. The molecule has 0 atom stereocenters. The second-order valence-corrected chi connectivity index (χ2v) is 4.33. The Morgan fingerprint density at radius 3 is 3.11 bits per heavy atom. The van der Waals surface area contributed by atoms with Crippen LogP contribution in [0.2, 0.25) is 0 Å². The van der Waals surface area contributed by atoms with Gasteiger partial charge in [-0.3, -0.25) is 4.79 Å². The molecule has 1 amide bonds. The lowest BCUT2D eigenvalue weighted by molar-refractivity contribution is -0.120. The number of anilines is 1. The molecule has 6 nitrogen and oxygen atoms in total. The molecule has 0 spiro atoms. The summed E-state index contributed by atoms with van der Waals surface area (Å²) in [6.45, 7) is 1.26. The minimum absolute atomic E-state index is 0.0347. The zero-order valence-electron chi connectivity index (χ0n) is 10.9. The fourth-order valence-corrected chi connectivity index (χ4v) is 1.82. The van der Waals surface area contributed by atoms with Crippen LogP contribution in [0, 0.1) is 0 Å². The Morgan fingerprint density at radius 2 is 2.32 bits per heavy atom.